The topological polar surface area (TPSA) is 90.0 Å². The van der Waals surface area contributed by atoms with Crippen molar-refractivity contribution in [2.75, 3.05) is 44.6 Å². The normalized spacial score (nSPS) is 16.6. The lowest BCUT2D eigenvalue weighted by Crippen LogP contribution is -2.35. The van der Waals surface area contributed by atoms with Crippen LogP contribution >= 0.6 is 11.3 Å². The van der Waals surface area contributed by atoms with E-state index >= 15 is 0 Å². The number of nitrogens with one attached hydrogen (secondary N) is 1. The Labute approximate surface area is 237 Å². The van der Waals surface area contributed by atoms with Gasteiger partial charge in [0.15, 0.2) is 0 Å². The number of sulfonamides is 1. The van der Waals surface area contributed by atoms with E-state index in [0.717, 1.165) is 75.0 Å². The molecular formula is C29H42N4O4S2. The molecule has 0 spiro atoms. The van der Waals surface area contributed by atoms with Gasteiger partial charge in [-0.05, 0) is 74.9 Å². The van der Waals surface area contributed by atoms with E-state index < -0.39 is 10.0 Å². The highest BCUT2D eigenvalue weighted by Gasteiger charge is 2.31. The Bertz CT molecular complexity index is 1240. The van der Waals surface area contributed by atoms with Crippen molar-refractivity contribution in [3.8, 4) is 0 Å². The fourth-order valence-corrected chi connectivity index (χ4v) is 8.29. The van der Waals surface area contributed by atoms with E-state index in [2.05, 4.69) is 31.0 Å². The molecule has 0 atom stereocenters. The summed E-state index contributed by atoms with van der Waals surface area (Å²) in [6.07, 6.45) is 6.39. The zero-order valence-electron chi connectivity index (χ0n) is 23.5. The number of nitrogens with zero attached hydrogens (tertiary/aromatic N) is 3. The van der Waals surface area contributed by atoms with E-state index in [1.165, 1.54) is 27.8 Å². The van der Waals surface area contributed by atoms with E-state index in [-0.39, 0.29) is 16.7 Å². The molecule has 1 aromatic heterocycles. The van der Waals surface area contributed by atoms with Crippen molar-refractivity contribution in [1.82, 2.24) is 14.1 Å². The summed E-state index contributed by atoms with van der Waals surface area (Å²) < 4.78 is 27.6. The molecule has 2 aliphatic heterocycles. The summed E-state index contributed by atoms with van der Waals surface area (Å²) in [5.41, 5.74) is 2.06. The minimum atomic E-state index is -3.57. The van der Waals surface area contributed by atoms with Crippen LogP contribution in [0.15, 0.2) is 29.2 Å². The van der Waals surface area contributed by atoms with Crippen LogP contribution in [0, 0.1) is 0 Å². The monoisotopic (exact) mass is 574 g/mol. The largest absolute Gasteiger partial charge is 0.339 e. The summed E-state index contributed by atoms with van der Waals surface area (Å²) in [5, 5.41) is 3.62. The lowest BCUT2D eigenvalue weighted by atomic mass is 10.0. The standard InChI is InChI=1S/C29H42N4O4S2/c1-4-15-31-20-14-24-25(21-31)38-28(26(24)29(35)32(16-5-2)17-6-3)30-27(34)22-10-12-23(13-11-22)39(36,37)33-18-8-7-9-19-33/h10-13H,4-9,14-21H2,1-3H3,(H,30,34). The molecule has 1 fully saturated rings. The molecular weight excluding hydrogens is 532 g/mol. The van der Waals surface area contributed by atoms with E-state index in [9.17, 15) is 18.0 Å². The minimum Gasteiger partial charge on any atom is -0.339 e. The van der Waals surface area contributed by atoms with Crippen LogP contribution in [0.1, 0.15) is 90.5 Å². The highest BCUT2D eigenvalue weighted by atomic mass is 32.2. The average molecular weight is 575 g/mol. The number of carbonyl (C=O) groups excluding carboxylic acids is 2. The molecule has 0 radical (unpaired) electrons. The van der Waals surface area contributed by atoms with Gasteiger partial charge in [0.2, 0.25) is 10.0 Å². The number of rotatable bonds is 11. The molecule has 1 N–H and O–H groups in total. The van der Waals surface area contributed by atoms with Crippen LogP contribution in [0.25, 0.3) is 0 Å². The second kappa shape index (κ2) is 13.4. The number of piperidine rings is 1. The van der Waals surface area contributed by atoms with Crippen molar-refractivity contribution in [3.05, 3.63) is 45.8 Å². The maximum absolute atomic E-state index is 13.8. The molecule has 0 saturated carbocycles. The van der Waals surface area contributed by atoms with Crippen molar-refractivity contribution in [2.24, 2.45) is 0 Å². The number of thiophene rings is 1. The zero-order chi connectivity index (χ0) is 28.0. The highest BCUT2D eigenvalue weighted by Crippen LogP contribution is 2.38. The lowest BCUT2D eigenvalue weighted by molar-refractivity contribution is 0.0755. The third kappa shape index (κ3) is 6.73. The SMILES string of the molecule is CCCN1CCc2c(sc(NC(=O)c3ccc(S(=O)(=O)N4CCCCC4)cc3)c2C(=O)N(CCC)CCC)C1. The maximum atomic E-state index is 13.8. The number of hydrogen-bond donors (Lipinski definition) is 1. The van der Waals surface area contributed by atoms with Crippen molar-refractivity contribution in [2.45, 2.75) is 77.2 Å². The molecule has 0 unspecified atom stereocenters. The predicted molar refractivity (Wildman–Crippen MR) is 157 cm³/mol. The second-order valence-corrected chi connectivity index (χ2v) is 13.5. The Morgan fingerprint density at radius 1 is 0.949 bits per heavy atom. The van der Waals surface area contributed by atoms with Gasteiger partial charge >= 0.3 is 0 Å². The number of amides is 2. The van der Waals surface area contributed by atoms with Crippen molar-refractivity contribution < 1.29 is 18.0 Å². The minimum absolute atomic E-state index is 0.0154. The zero-order valence-corrected chi connectivity index (χ0v) is 25.1. The van der Waals surface area contributed by atoms with Gasteiger partial charge in [-0.2, -0.15) is 4.31 Å². The highest BCUT2D eigenvalue weighted by molar-refractivity contribution is 7.89. The predicted octanol–water partition coefficient (Wildman–Crippen LogP) is 5.21. The molecule has 214 valence electrons. The molecule has 4 rings (SSSR count). The third-order valence-electron chi connectivity index (χ3n) is 7.46. The van der Waals surface area contributed by atoms with Gasteiger partial charge < -0.3 is 10.2 Å². The van der Waals surface area contributed by atoms with E-state index in [1.54, 1.807) is 12.1 Å². The maximum Gasteiger partial charge on any atom is 0.257 e. The molecule has 8 nitrogen and oxygen atoms in total. The molecule has 0 aliphatic carbocycles. The first-order chi connectivity index (χ1) is 18.8. The molecule has 10 heteroatoms. The lowest BCUT2D eigenvalue weighted by Gasteiger charge is -2.27. The quantitative estimate of drug-likeness (QED) is 0.398. The Balaban J connectivity index is 1.59. The molecule has 2 amide bonds. The molecule has 39 heavy (non-hydrogen) atoms. The smallest absolute Gasteiger partial charge is 0.257 e. The Morgan fingerprint density at radius 3 is 2.23 bits per heavy atom. The molecule has 1 saturated heterocycles. The molecule has 0 bridgehead atoms. The number of fused-ring (bicyclic) bond motifs is 1. The first-order valence-corrected chi connectivity index (χ1v) is 16.6. The molecule has 3 heterocycles. The van der Waals surface area contributed by atoms with Crippen LogP contribution < -0.4 is 5.32 Å². The van der Waals surface area contributed by atoms with Crippen LogP contribution in [0.3, 0.4) is 0 Å². The number of hydrogen-bond acceptors (Lipinski definition) is 6. The number of anilines is 1. The first kappa shape index (κ1) is 29.7. The average Bonchev–Trinajstić information content (AvgIpc) is 3.30. The Hall–Kier alpha value is -2.27. The molecule has 1 aromatic carbocycles. The van der Waals surface area contributed by atoms with Crippen LogP contribution in [-0.2, 0) is 23.0 Å². The van der Waals surface area contributed by atoms with Crippen LogP contribution in [0.2, 0.25) is 0 Å². The van der Waals surface area contributed by atoms with E-state index in [1.807, 2.05) is 4.90 Å². The van der Waals surface area contributed by atoms with Crippen LogP contribution in [-0.4, -0.2) is 73.6 Å². The summed E-state index contributed by atoms with van der Waals surface area (Å²) in [7, 11) is -3.57. The summed E-state index contributed by atoms with van der Waals surface area (Å²) in [6, 6.07) is 6.14. The summed E-state index contributed by atoms with van der Waals surface area (Å²) >= 11 is 1.50. The fourth-order valence-electron chi connectivity index (χ4n) is 5.50. The van der Waals surface area contributed by atoms with Crippen molar-refractivity contribution in [1.29, 1.82) is 0 Å². The Morgan fingerprint density at radius 2 is 1.62 bits per heavy atom. The van der Waals surface area contributed by atoms with Gasteiger partial charge in [-0.25, -0.2) is 8.42 Å². The second-order valence-electron chi connectivity index (χ2n) is 10.5. The van der Waals surface area contributed by atoms with E-state index in [4.69, 9.17) is 0 Å². The van der Waals surface area contributed by atoms with Gasteiger partial charge in [0.05, 0.1) is 10.5 Å². The first-order valence-electron chi connectivity index (χ1n) is 14.4. The number of benzene rings is 1. The fraction of sp³-hybridized carbons (Fsp3) is 0.586. The Kier molecular flexibility index (Phi) is 10.2. The molecule has 2 aromatic rings. The summed E-state index contributed by atoms with van der Waals surface area (Å²) in [6.45, 7) is 11.4. The summed E-state index contributed by atoms with van der Waals surface area (Å²) in [4.78, 5) is 32.8. The summed E-state index contributed by atoms with van der Waals surface area (Å²) in [5.74, 6) is -0.356. The number of carbonyl (C=O) groups is 2. The van der Waals surface area contributed by atoms with Crippen LogP contribution in [0.4, 0.5) is 5.00 Å². The van der Waals surface area contributed by atoms with E-state index in [0.29, 0.717) is 42.3 Å². The van der Waals surface area contributed by atoms with Crippen molar-refractivity contribution >= 4 is 38.2 Å². The third-order valence-corrected chi connectivity index (χ3v) is 10.5. The molecule has 2 aliphatic rings. The van der Waals surface area contributed by atoms with Crippen LogP contribution in [0.5, 0.6) is 0 Å². The van der Waals surface area contributed by atoms with Gasteiger partial charge in [-0.15, -0.1) is 11.3 Å². The van der Waals surface area contributed by atoms with Gasteiger partial charge in [-0.1, -0.05) is 27.2 Å². The van der Waals surface area contributed by atoms with Gasteiger partial charge in [0.1, 0.15) is 5.00 Å². The van der Waals surface area contributed by atoms with Gasteiger partial charge in [0, 0.05) is 49.7 Å². The van der Waals surface area contributed by atoms with Gasteiger partial charge in [-0.3, -0.25) is 14.5 Å². The van der Waals surface area contributed by atoms with Crippen molar-refractivity contribution in [3.63, 3.8) is 0 Å². The van der Waals surface area contributed by atoms with Gasteiger partial charge in [0.25, 0.3) is 11.8 Å².